The van der Waals surface area contributed by atoms with E-state index in [-0.39, 0.29) is 18.4 Å². The van der Waals surface area contributed by atoms with E-state index >= 15 is 0 Å². The summed E-state index contributed by atoms with van der Waals surface area (Å²) < 4.78 is 0. The summed E-state index contributed by atoms with van der Waals surface area (Å²) in [5.74, 6) is 1.41. The van der Waals surface area contributed by atoms with Crippen LogP contribution in [0.25, 0.3) is 0 Å². The molecule has 0 bridgehead atoms. The van der Waals surface area contributed by atoms with Crippen LogP contribution in [0.2, 0.25) is 0 Å². The summed E-state index contributed by atoms with van der Waals surface area (Å²) in [7, 11) is 0. The minimum absolute atomic E-state index is 0.0131. The first-order valence-electron chi connectivity index (χ1n) is 6.61. The van der Waals surface area contributed by atoms with Crippen molar-refractivity contribution in [2.75, 3.05) is 6.54 Å². The number of hydrogen-bond acceptors (Lipinski definition) is 2. The Hall–Kier alpha value is -1.06. The number of rotatable bonds is 3. The Kier molecular flexibility index (Phi) is 2.25. The van der Waals surface area contributed by atoms with E-state index in [1.54, 1.807) is 13.8 Å². The Morgan fingerprint density at radius 1 is 1.18 bits per heavy atom. The van der Waals surface area contributed by atoms with Crippen molar-refractivity contribution in [2.45, 2.75) is 51.1 Å². The summed E-state index contributed by atoms with van der Waals surface area (Å²) in [5, 5.41) is 2.78. The Balaban J connectivity index is 1.84. The fourth-order valence-electron chi connectivity index (χ4n) is 3.04. The van der Waals surface area contributed by atoms with Gasteiger partial charge in [-0.25, -0.2) is 0 Å². The van der Waals surface area contributed by atoms with Gasteiger partial charge in [-0.15, -0.1) is 0 Å². The van der Waals surface area contributed by atoms with Gasteiger partial charge in [0, 0.05) is 6.04 Å². The first-order valence-corrected chi connectivity index (χ1v) is 6.61. The maximum Gasteiger partial charge on any atom is 0.248 e. The second kappa shape index (κ2) is 3.47. The fourth-order valence-corrected chi connectivity index (χ4v) is 3.04. The van der Waals surface area contributed by atoms with E-state index in [0.717, 1.165) is 0 Å². The summed E-state index contributed by atoms with van der Waals surface area (Å²) >= 11 is 0. The lowest BCUT2D eigenvalue weighted by Crippen LogP contribution is -2.66. The molecule has 0 aromatic rings. The number of nitrogens with one attached hydrogen (secondary N) is 1. The van der Waals surface area contributed by atoms with Gasteiger partial charge in [-0.05, 0) is 51.4 Å². The average molecular weight is 236 g/mol. The van der Waals surface area contributed by atoms with Gasteiger partial charge in [0.25, 0.3) is 0 Å². The van der Waals surface area contributed by atoms with Crippen molar-refractivity contribution in [1.82, 2.24) is 10.2 Å². The van der Waals surface area contributed by atoms with E-state index in [1.165, 1.54) is 25.7 Å². The van der Waals surface area contributed by atoms with E-state index < -0.39 is 5.54 Å². The molecule has 4 heteroatoms. The minimum Gasteiger partial charge on any atom is -0.341 e. The standard InChI is InChI=1S/C13H20N2O2/c1-13(2)12(17)15(7-10(16)14-13)11(8-3-4-8)9-5-6-9/h8-9,11H,3-7H2,1-2H3,(H,14,16). The topological polar surface area (TPSA) is 49.4 Å². The summed E-state index contributed by atoms with van der Waals surface area (Å²) in [6.07, 6.45) is 4.92. The Morgan fingerprint density at radius 3 is 2.18 bits per heavy atom. The molecule has 1 saturated heterocycles. The van der Waals surface area contributed by atoms with Crippen LogP contribution in [0.15, 0.2) is 0 Å². The lowest BCUT2D eigenvalue weighted by atomic mass is 9.96. The molecule has 3 aliphatic rings. The number of carbonyl (C=O) groups excluding carboxylic acids is 2. The molecule has 1 N–H and O–H groups in total. The molecule has 2 aliphatic carbocycles. The van der Waals surface area contributed by atoms with E-state index in [0.29, 0.717) is 17.9 Å². The van der Waals surface area contributed by atoms with E-state index in [4.69, 9.17) is 0 Å². The van der Waals surface area contributed by atoms with Crippen LogP contribution >= 0.6 is 0 Å². The average Bonchev–Trinajstić information content (AvgIpc) is 3.07. The van der Waals surface area contributed by atoms with Gasteiger partial charge < -0.3 is 10.2 Å². The Bertz CT molecular complexity index is 358. The number of hydrogen-bond donors (Lipinski definition) is 1. The molecule has 94 valence electrons. The zero-order chi connectivity index (χ0) is 12.2. The Labute approximate surface area is 102 Å². The van der Waals surface area contributed by atoms with Gasteiger partial charge >= 0.3 is 0 Å². The number of amides is 2. The lowest BCUT2D eigenvalue weighted by molar-refractivity contribution is -0.151. The second-order valence-electron chi connectivity index (χ2n) is 6.27. The van der Waals surface area contributed by atoms with Gasteiger partial charge in [0.15, 0.2) is 0 Å². The Morgan fingerprint density at radius 2 is 1.71 bits per heavy atom. The second-order valence-corrected chi connectivity index (χ2v) is 6.27. The molecule has 0 aromatic heterocycles. The number of carbonyl (C=O) groups is 2. The molecule has 0 aromatic carbocycles. The third-order valence-electron chi connectivity index (χ3n) is 4.13. The highest BCUT2D eigenvalue weighted by Gasteiger charge is 2.50. The van der Waals surface area contributed by atoms with Gasteiger partial charge in [0.05, 0.1) is 6.54 Å². The highest BCUT2D eigenvalue weighted by atomic mass is 16.2. The molecule has 2 amide bonds. The molecule has 0 spiro atoms. The van der Waals surface area contributed by atoms with Crippen LogP contribution in [-0.2, 0) is 9.59 Å². The van der Waals surface area contributed by atoms with Crippen LogP contribution in [0.4, 0.5) is 0 Å². The summed E-state index contributed by atoms with van der Waals surface area (Å²) in [6, 6.07) is 0.341. The van der Waals surface area contributed by atoms with Crippen molar-refractivity contribution >= 4 is 11.8 Å². The zero-order valence-electron chi connectivity index (χ0n) is 10.5. The zero-order valence-corrected chi connectivity index (χ0v) is 10.5. The minimum atomic E-state index is -0.725. The molecule has 2 saturated carbocycles. The highest BCUT2D eigenvalue weighted by molar-refractivity contribution is 5.97. The van der Waals surface area contributed by atoms with Crippen LogP contribution in [0, 0.1) is 11.8 Å². The van der Waals surface area contributed by atoms with Crippen molar-refractivity contribution in [3.63, 3.8) is 0 Å². The van der Waals surface area contributed by atoms with Crippen LogP contribution in [-0.4, -0.2) is 34.8 Å². The summed E-state index contributed by atoms with van der Waals surface area (Å²) in [4.78, 5) is 26.0. The quantitative estimate of drug-likeness (QED) is 0.792. The first kappa shape index (κ1) is 11.1. The smallest absolute Gasteiger partial charge is 0.248 e. The van der Waals surface area contributed by atoms with Crippen molar-refractivity contribution in [1.29, 1.82) is 0 Å². The predicted octanol–water partition coefficient (Wildman–Crippen LogP) is 0.912. The third-order valence-corrected chi connectivity index (χ3v) is 4.13. The van der Waals surface area contributed by atoms with Crippen molar-refractivity contribution in [3.05, 3.63) is 0 Å². The molecule has 0 unspecified atom stereocenters. The molecular weight excluding hydrogens is 216 g/mol. The fraction of sp³-hybridized carbons (Fsp3) is 0.846. The van der Waals surface area contributed by atoms with Gasteiger partial charge in [-0.1, -0.05) is 0 Å². The molecule has 1 heterocycles. The molecule has 17 heavy (non-hydrogen) atoms. The van der Waals surface area contributed by atoms with Crippen LogP contribution in [0.3, 0.4) is 0 Å². The van der Waals surface area contributed by atoms with E-state index in [2.05, 4.69) is 5.32 Å². The lowest BCUT2D eigenvalue weighted by Gasteiger charge is -2.42. The molecule has 3 rings (SSSR count). The number of piperazine rings is 1. The molecule has 3 fully saturated rings. The molecular formula is C13H20N2O2. The van der Waals surface area contributed by atoms with Gasteiger partial charge in [-0.2, -0.15) is 0 Å². The number of nitrogens with zero attached hydrogens (tertiary/aromatic N) is 1. The molecule has 0 atom stereocenters. The van der Waals surface area contributed by atoms with Crippen molar-refractivity contribution in [3.8, 4) is 0 Å². The molecule has 4 nitrogen and oxygen atoms in total. The van der Waals surface area contributed by atoms with Crippen LogP contribution < -0.4 is 5.32 Å². The first-order chi connectivity index (χ1) is 7.99. The van der Waals surface area contributed by atoms with E-state index in [9.17, 15) is 9.59 Å². The maximum absolute atomic E-state index is 12.4. The summed E-state index contributed by atoms with van der Waals surface area (Å²) in [6.45, 7) is 3.87. The van der Waals surface area contributed by atoms with Crippen LogP contribution in [0.1, 0.15) is 39.5 Å². The maximum atomic E-state index is 12.4. The highest BCUT2D eigenvalue weighted by Crippen LogP contribution is 2.47. The molecule has 1 aliphatic heterocycles. The third kappa shape index (κ3) is 1.94. The predicted molar refractivity (Wildman–Crippen MR) is 63.2 cm³/mol. The van der Waals surface area contributed by atoms with E-state index in [1.807, 2.05) is 4.90 Å². The van der Waals surface area contributed by atoms with Crippen LogP contribution in [0.5, 0.6) is 0 Å². The largest absolute Gasteiger partial charge is 0.341 e. The van der Waals surface area contributed by atoms with Gasteiger partial charge in [0.2, 0.25) is 11.8 Å². The molecule has 0 radical (unpaired) electrons. The van der Waals surface area contributed by atoms with Crippen molar-refractivity contribution in [2.24, 2.45) is 11.8 Å². The van der Waals surface area contributed by atoms with Gasteiger partial charge in [0.1, 0.15) is 5.54 Å². The van der Waals surface area contributed by atoms with Crippen molar-refractivity contribution < 1.29 is 9.59 Å². The SMILES string of the molecule is CC1(C)NC(=O)CN(C(C2CC2)C2CC2)C1=O. The normalized spacial score (nSPS) is 28.5. The van der Waals surface area contributed by atoms with Gasteiger partial charge in [-0.3, -0.25) is 9.59 Å². The monoisotopic (exact) mass is 236 g/mol. The summed E-state index contributed by atoms with van der Waals surface area (Å²) in [5.41, 5.74) is -0.725.